The predicted molar refractivity (Wildman–Crippen MR) is 118 cm³/mol. The molecule has 1 aliphatic heterocycles. The van der Waals surface area contributed by atoms with Gasteiger partial charge >= 0.3 is 0 Å². The molecule has 0 unspecified atom stereocenters. The van der Waals surface area contributed by atoms with Gasteiger partial charge in [0.25, 0.3) is 5.91 Å². The van der Waals surface area contributed by atoms with E-state index in [0.29, 0.717) is 24.6 Å². The lowest BCUT2D eigenvalue weighted by atomic mass is 10.1. The van der Waals surface area contributed by atoms with Crippen molar-refractivity contribution in [2.75, 3.05) is 38.2 Å². The lowest BCUT2D eigenvalue weighted by Crippen LogP contribution is -2.49. The zero-order valence-corrected chi connectivity index (χ0v) is 17.7. The van der Waals surface area contributed by atoms with Crippen molar-refractivity contribution in [3.8, 4) is 17.6 Å². The molecule has 1 fully saturated rings. The number of amides is 1. The Morgan fingerprint density at radius 1 is 1.07 bits per heavy atom. The first kappa shape index (κ1) is 21.3. The van der Waals surface area contributed by atoms with Crippen molar-refractivity contribution in [3.63, 3.8) is 0 Å². The van der Waals surface area contributed by atoms with Gasteiger partial charge in [0.2, 0.25) is 0 Å². The molecular weight excluding hydrogens is 378 g/mol. The molecule has 156 valence electrons. The molecule has 0 bridgehead atoms. The van der Waals surface area contributed by atoms with Crippen molar-refractivity contribution in [2.45, 2.75) is 20.0 Å². The first-order valence-corrected chi connectivity index (χ1v) is 10.1. The molecule has 0 spiro atoms. The minimum Gasteiger partial charge on any atom is -0.493 e. The number of nitriles is 1. The second kappa shape index (κ2) is 9.84. The Bertz CT molecular complexity index is 940. The van der Waals surface area contributed by atoms with Crippen LogP contribution < -0.4 is 14.4 Å². The van der Waals surface area contributed by atoms with Gasteiger partial charge in [0.1, 0.15) is 11.6 Å². The maximum atomic E-state index is 12.9. The molecule has 1 saturated heterocycles. The zero-order chi connectivity index (χ0) is 21.5. The van der Waals surface area contributed by atoms with Crippen LogP contribution in [0.2, 0.25) is 0 Å². The van der Waals surface area contributed by atoms with Crippen LogP contribution in [0, 0.1) is 11.3 Å². The Hall–Kier alpha value is -3.46. The summed E-state index contributed by atoms with van der Waals surface area (Å²) in [7, 11) is 1.57. The minimum atomic E-state index is -0.244. The van der Waals surface area contributed by atoms with Crippen molar-refractivity contribution < 1.29 is 14.3 Å². The van der Waals surface area contributed by atoms with Gasteiger partial charge in [-0.1, -0.05) is 24.3 Å². The van der Waals surface area contributed by atoms with E-state index in [4.69, 9.17) is 9.47 Å². The molecule has 1 aliphatic rings. The van der Waals surface area contributed by atoms with E-state index in [-0.39, 0.29) is 17.6 Å². The SMILES string of the molecule is COc1cc(/C=C(/C#N)C(=O)N2CCN(c3ccccc3)CC2)ccc1OC(C)C. The Morgan fingerprint density at radius 2 is 1.77 bits per heavy atom. The standard InChI is InChI=1S/C24H27N3O3/c1-18(2)30-22-10-9-19(16-23(22)29-3)15-20(17-25)24(28)27-13-11-26(12-14-27)21-7-5-4-6-8-21/h4-10,15-16,18H,11-14H2,1-3H3/b20-15-. The maximum Gasteiger partial charge on any atom is 0.264 e. The van der Waals surface area contributed by atoms with Crippen LogP contribution in [0.15, 0.2) is 54.1 Å². The van der Waals surface area contributed by atoms with E-state index in [2.05, 4.69) is 23.1 Å². The summed E-state index contributed by atoms with van der Waals surface area (Å²) in [6.07, 6.45) is 1.62. The number of carbonyl (C=O) groups excluding carboxylic acids is 1. The Balaban J connectivity index is 1.70. The number of anilines is 1. The highest BCUT2D eigenvalue weighted by Crippen LogP contribution is 2.30. The number of hydrogen-bond acceptors (Lipinski definition) is 5. The highest BCUT2D eigenvalue weighted by atomic mass is 16.5. The predicted octanol–water partition coefficient (Wildman–Crippen LogP) is 3.74. The molecule has 30 heavy (non-hydrogen) atoms. The van der Waals surface area contributed by atoms with Crippen molar-refractivity contribution in [1.82, 2.24) is 4.90 Å². The van der Waals surface area contributed by atoms with Crippen LogP contribution in [0.5, 0.6) is 11.5 Å². The van der Waals surface area contributed by atoms with Gasteiger partial charge in [-0.15, -0.1) is 0 Å². The van der Waals surface area contributed by atoms with Crippen LogP contribution in [0.3, 0.4) is 0 Å². The van der Waals surface area contributed by atoms with Crippen molar-refractivity contribution >= 4 is 17.7 Å². The van der Waals surface area contributed by atoms with Crippen LogP contribution in [0.1, 0.15) is 19.4 Å². The molecule has 2 aromatic carbocycles. The fraction of sp³-hybridized carbons (Fsp3) is 0.333. The van der Waals surface area contributed by atoms with Gasteiger partial charge in [0.15, 0.2) is 11.5 Å². The minimum absolute atomic E-state index is 0.0195. The molecule has 6 heteroatoms. The molecule has 6 nitrogen and oxygen atoms in total. The average molecular weight is 405 g/mol. The summed E-state index contributed by atoms with van der Waals surface area (Å²) >= 11 is 0. The van der Waals surface area contributed by atoms with Crippen molar-refractivity contribution in [3.05, 3.63) is 59.7 Å². The Kier molecular flexibility index (Phi) is 6.97. The van der Waals surface area contributed by atoms with Gasteiger partial charge in [-0.3, -0.25) is 4.79 Å². The van der Waals surface area contributed by atoms with Gasteiger partial charge in [-0.2, -0.15) is 5.26 Å². The number of piperazine rings is 1. The number of ether oxygens (including phenoxy) is 2. The molecule has 3 rings (SSSR count). The van der Waals surface area contributed by atoms with Crippen LogP contribution >= 0.6 is 0 Å². The third kappa shape index (κ3) is 5.12. The summed E-state index contributed by atoms with van der Waals surface area (Å²) in [6.45, 7) is 6.52. The first-order chi connectivity index (χ1) is 14.5. The normalized spacial score (nSPS) is 14.4. The molecule has 2 aromatic rings. The fourth-order valence-electron chi connectivity index (χ4n) is 3.41. The summed E-state index contributed by atoms with van der Waals surface area (Å²) < 4.78 is 11.1. The topological polar surface area (TPSA) is 65.8 Å². The quantitative estimate of drug-likeness (QED) is 0.541. The maximum absolute atomic E-state index is 12.9. The summed E-state index contributed by atoms with van der Waals surface area (Å²) in [5.74, 6) is 0.955. The van der Waals surface area contributed by atoms with Crippen LogP contribution in [-0.2, 0) is 4.79 Å². The smallest absolute Gasteiger partial charge is 0.264 e. The molecule has 0 aliphatic carbocycles. The third-order valence-electron chi connectivity index (χ3n) is 4.90. The van der Waals surface area contributed by atoms with Gasteiger partial charge in [-0.05, 0) is 49.8 Å². The molecule has 0 N–H and O–H groups in total. The number of hydrogen-bond donors (Lipinski definition) is 0. The number of para-hydroxylation sites is 1. The number of carbonyl (C=O) groups is 1. The second-order valence-electron chi connectivity index (χ2n) is 7.36. The summed E-state index contributed by atoms with van der Waals surface area (Å²) in [5.41, 5.74) is 1.98. The summed E-state index contributed by atoms with van der Waals surface area (Å²) in [5, 5.41) is 9.59. The average Bonchev–Trinajstić information content (AvgIpc) is 2.78. The monoisotopic (exact) mass is 405 g/mol. The van der Waals surface area contributed by atoms with E-state index in [9.17, 15) is 10.1 Å². The number of rotatable bonds is 6. The van der Waals surface area contributed by atoms with E-state index >= 15 is 0 Å². The van der Waals surface area contributed by atoms with E-state index in [1.54, 1.807) is 30.2 Å². The number of methoxy groups -OCH3 is 1. The molecule has 1 amide bonds. The van der Waals surface area contributed by atoms with Gasteiger partial charge in [0, 0.05) is 31.9 Å². The molecular formula is C24H27N3O3. The van der Waals surface area contributed by atoms with Gasteiger partial charge in [0.05, 0.1) is 13.2 Å². The van der Waals surface area contributed by atoms with E-state index < -0.39 is 0 Å². The number of nitrogens with zero attached hydrogens (tertiary/aromatic N) is 3. The summed E-state index contributed by atoms with van der Waals surface area (Å²) in [4.78, 5) is 16.9. The van der Waals surface area contributed by atoms with E-state index in [1.807, 2.05) is 38.1 Å². The van der Waals surface area contributed by atoms with Crippen LogP contribution in [0.25, 0.3) is 6.08 Å². The highest BCUT2D eigenvalue weighted by molar-refractivity contribution is 6.01. The van der Waals surface area contributed by atoms with Gasteiger partial charge in [-0.25, -0.2) is 0 Å². The van der Waals surface area contributed by atoms with Crippen molar-refractivity contribution in [2.24, 2.45) is 0 Å². The largest absolute Gasteiger partial charge is 0.493 e. The Labute approximate surface area is 177 Å². The van der Waals surface area contributed by atoms with Crippen LogP contribution in [0.4, 0.5) is 5.69 Å². The van der Waals surface area contributed by atoms with Crippen molar-refractivity contribution in [1.29, 1.82) is 5.26 Å². The number of benzene rings is 2. The highest BCUT2D eigenvalue weighted by Gasteiger charge is 2.24. The molecule has 0 atom stereocenters. The lowest BCUT2D eigenvalue weighted by molar-refractivity contribution is -0.126. The molecule has 0 saturated carbocycles. The van der Waals surface area contributed by atoms with Gasteiger partial charge < -0.3 is 19.3 Å². The zero-order valence-electron chi connectivity index (χ0n) is 17.7. The lowest BCUT2D eigenvalue weighted by Gasteiger charge is -2.36. The summed E-state index contributed by atoms with van der Waals surface area (Å²) in [6, 6.07) is 17.6. The third-order valence-corrected chi connectivity index (χ3v) is 4.90. The molecule has 1 heterocycles. The van der Waals surface area contributed by atoms with E-state index in [0.717, 1.165) is 24.3 Å². The van der Waals surface area contributed by atoms with Crippen LogP contribution in [-0.4, -0.2) is 50.2 Å². The second-order valence-corrected chi connectivity index (χ2v) is 7.36. The Morgan fingerprint density at radius 3 is 2.37 bits per heavy atom. The molecule has 0 radical (unpaired) electrons. The first-order valence-electron chi connectivity index (χ1n) is 10.1. The fourth-order valence-corrected chi connectivity index (χ4v) is 3.41. The molecule has 0 aromatic heterocycles. The van der Waals surface area contributed by atoms with E-state index in [1.165, 1.54) is 0 Å².